The van der Waals surface area contributed by atoms with E-state index in [4.69, 9.17) is 0 Å². The number of nitrogens with zero attached hydrogens (tertiary/aromatic N) is 1. The van der Waals surface area contributed by atoms with Gasteiger partial charge < -0.3 is 10.2 Å². The first-order valence-electron chi connectivity index (χ1n) is 6.72. The number of likely N-dealkylation sites (N-methyl/N-ethyl adjacent to an activating group) is 1. The Balaban J connectivity index is 1.70. The molecular weight excluding hydrogens is 240 g/mol. The molecule has 0 radical (unpaired) electrons. The number of hydrazine groups is 1. The third-order valence-corrected chi connectivity index (χ3v) is 3.35. The molecule has 1 aliphatic heterocycles. The van der Waals surface area contributed by atoms with Crippen molar-refractivity contribution in [2.45, 2.75) is 25.4 Å². The Kier molecular flexibility index (Phi) is 4.76. The molecule has 3 N–H and O–H groups in total. The fourth-order valence-corrected chi connectivity index (χ4v) is 2.17. The van der Waals surface area contributed by atoms with Gasteiger partial charge in [-0.2, -0.15) is 0 Å². The van der Waals surface area contributed by atoms with Crippen molar-refractivity contribution >= 4 is 11.6 Å². The maximum absolute atomic E-state index is 11.9. The van der Waals surface area contributed by atoms with E-state index in [0.717, 1.165) is 18.7 Å². The molecule has 1 aromatic rings. The number of carbonyl (C=O) groups is 1. The van der Waals surface area contributed by atoms with Gasteiger partial charge in [0.05, 0.1) is 0 Å². The molecule has 1 amide bonds. The highest BCUT2D eigenvalue weighted by atomic mass is 16.2. The molecule has 5 nitrogen and oxygen atoms in total. The highest BCUT2D eigenvalue weighted by molar-refractivity contribution is 5.82. The van der Waals surface area contributed by atoms with Crippen LogP contribution < -0.4 is 21.1 Å². The molecule has 0 spiro atoms. The summed E-state index contributed by atoms with van der Waals surface area (Å²) >= 11 is 0. The number of benzene rings is 1. The average molecular weight is 262 g/mol. The summed E-state index contributed by atoms with van der Waals surface area (Å²) in [5.41, 5.74) is 7.21. The molecule has 2 rings (SSSR count). The van der Waals surface area contributed by atoms with Crippen LogP contribution in [0.2, 0.25) is 0 Å². The highest BCUT2D eigenvalue weighted by Crippen LogP contribution is 2.09. The Morgan fingerprint density at radius 1 is 1.37 bits per heavy atom. The van der Waals surface area contributed by atoms with Crippen molar-refractivity contribution < 1.29 is 4.79 Å². The number of hydrogen-bond donors (Lipinski definition) is 3. The quantitative estimate of drug-likeness (QED) is 0.723. The Labute approximate surface area is 114 Å². The molecule has 0 aromatic heterocycles. The molecule has 1 aromatic carbocycles. The van der Waals surface area contributed by atoms with Crippen LogP contribution in [-0.2, 0) is 4.79 Å². The van der Waals surface area contributed by atoms with Gasteiger partial charge >= 0.3 is 0 Å². The van der Waals surface area contributed by atoms with E-state index in [1.54, 1.807) is 0 Å². The van der Waals surface area contributed by atoms with E-state index in [1.807, 2.05) is 25.2 Å². The molecular formula is C14H22N4O. The maximum atomic E-state index is 11.9. The Hall–Kier alpha value is -1.59. The lowest BCUT2D eigenvalue weighted by molar-refractivity contribution is -0.122. The number of hydrogen-bond acceptors (Lipinski definition) is 4. The first-order valence-corrected chi connectivity index (χ1v) is 6.72. The zero-order chi connectivity index (χ0) is 13.7. The molecule has 1 aliphatic rings. The molecule has 0 aliphatic carbocycles. The van der Waals surface area contributed by atoms with Gasteiger partial charge in [0.2, 0.25) is 5.91 Å². The number of para-hydroxylation sites is 1. The van der Waals surface area contributed by atoms with Gasteiger partial charge in [0, 0.05) is 31.9 Å². The minimum atomic E-state index is -0.114. The standard InChI is InChI=1S/C14H22N4O/c1-11-10-13(17-16-11)14(19)15-8-9-18(2)12-6-4-3-5-7-12/h3-7,11,13,16-17H,8-10H2,1-2H3,(H,15,19). The zero-order valence-electron chi connectivity index (χ0n) is 11.5. The van der Waals surface area contributed by atoms with Crippen LogP contribution in [0.25, 0.3) is 0 Å². The van der Waals surface area contributed by atoms with Gasteiger partial charge in [-0.25, -0.2) is 5.43 Å². The summed E-state index contributed by atoms with van der Waals surface area (Å²) in [5, 5.41) is 2.96. The first kappa shape index (κ1) is 13.8. The Morgan fingerprint density at radius 2 is 2.11 bits per heavy atom. The normalized spacial score (nSPS) is 22.2. The van der Waals surface area contributed by atoms with E-state index in [2.05, 4.69) is 40.1 Å². The van der Waals surface area contributed by atoms with Crippen LogP contribution in [0, 0.1) is 0 Å². The monoisotopic (exact) mass is 262 g/mol. The largest absolute Gasteiger partial charge is 0.373 e. The van der Waals surface area contributed by atoms with Crippen LogP contribution in [0.5, 0.6) is 0 Å². The molecule has 104 valence electrons. The van der Waals surface area contributed by atoms with Crippen molar-refractivity contribution in [2.75, 3.05) is 25.0 Å². The maximum Gasteiger partial charge on any atom is 0.238 e. The van der Waals surface area contributed by atoms with E-state index in [-0.39, 0.29) is 11.9 Å². The van der Waals surface area contributed by atoms with Crippen LogP contribution in [-0.4, -0.2) is 38.1 Å². The van der Waals surface area contributed by atoms with Crippen molar-refractivity contribution in [3.8, 4) is 0 Å². The summed E-state index contributed by atoms with van der Waals surface area (Å²) in [6.07, 6.45) is 0.834. The van der Waals surface area contributed by atoms with E-state index in [1.165, 1.54) is 0 Å². The molecule has 1 fully saturated rings. The van der Waals surface area contributed by atoms with Gasteiger partial charge in [0.15, 0.2) is 0 Å². The van der Waals surface area contributed by atoms with Crippen LogP contribution in [0.15, 0.2) is 30.3 Å². The van der Waals surface area contributed by atoms with E-state index >= 15 is 0 Å². The second-order valence-corrected chi connectivity index (χ2v) is 5.03. The second-order valence-electron chi connectivity index (χ2n) is 5.03. The van der Waals surface area contributed by atoms with Gasteiger partial charge in [0.25, 0.3) is 0 Å². The number of anilines is 1. The number of amides is 1. The molecule has 0 bridgehead atoms. The van der Waals surface area contributed by atoms with Crippen LogP contribution >= 0.6 is 0 Å². The van der Waals surface area contributed by atoms with Crippen molar-refractivity contribution in [3.63, 3.8) is 0 Å². The van der Waals surface area contributed by atoms with Crippen molar-refractivity contribution in [2.24, 2.45) is 0 Å². The van der Waals surface area contributed by atoms with Crippen LogP contribution in [0.1, 0.15) is 13.3 Å². The summed E-state index contributed by atoms with van der Waals surface area (Å²) in [7, 11) is 2.03. The van der Waals surface area contributed by atoms with Crippen molar-refractivity contribution in [1.29, 1.82) is 0 Å². The molecule has 0 saturated carbocycles. The Morgan fingerprint density at radius 3 is 2.74 bits per heavy atom. The molecule has 19 heavy (non-hydrogen) atoms. The van der Waals surface area contributed by atoms with Crippen LogP contribution in [0.4, 0.5) is 5.69 Å². The molecule has 1 heterocycles. The second kappa shape index (κ2) is 6.54. The minimum Gasteiger partial charge on any atom is -0.373 e. The lowest BCUT2D eigenvalue weighted by Crippen LogP contribution is -2.45. The fraction of sp³-hybridized carbons (Fsp3) is 0.500. The SMILES string of the molecule is CC1CC(C(=O)NCCN(C)c2ccccc2)NN1. The predicted octanol–water partition coefficient (Wildman–Crippen LogP) is 0.494. The summed E-state index contributed by atoms with van der Waals surface area (Å²) in [6, 6.07) is 10.4. The molecule has 5 heteroatoms. The minimum absolute atomic E-state index is 0.0679. The van der Waals surface area contributed by atoms with Crippen molar-refractivity contribution in [1.82, 2.24) is 16.2 Å². The van der Waals surface area contributed by atoms with Gasteiger partial charge in [-0.3, -0.25) is 10.2 Å². The average Bonchev–Trinajstić information content (AvgIpc) is 2.86. The fourth-order valence-electron chi connectivity index (χ4n) is 2.17. The number of carbonyl (C=O) groups excluding carboxylic acids is 1. The lowest BCUT2D eigenvalue weighted by Gasteiger charge is -2.20. The van der Waals surface area contributed by atoms with Crippen LogP contribution in [0.3, 0.4) is 0 Å². The predicted molar refractivity (Wildman–Crippen MR) is 76.9 cm³/mol. The topological polar surface area (TPSA) is 56.4 Å². The van der Waals surface area contributed by atoms with Gasteiger partial charge in [0.1, 0.15) is 6.04 Å². The summed E-state index contributed by atoms with van der Waals surface area (Å²) in [5.74, 6) is 0.0679. The van der Waals surface area contributed by atoms with E-state index in [9.17, 15) is 4.79 Å². The lowest BCUT2D eigenvalue weighted by atomic mass is 10.1. The smallest absolute Gasteiger partial charge is 0.238 e. The molecule has 1 saturated heterocycles. The van der Waals surface area contributed by atoms with E-state index in [0.29, 0.717) is 12.6 Å². The zero-order valence-corrected chi connectivity index (χ0v) is 11.5. The number of rotatable bonds is 5. The number of nitrogens with one attached hydrogen (secondary N) is 3. The molecule has 2 unspecified atom stereocenters. The summed E-state index contributed by atoms with van der Waals surface area (Å²) in [4.78, 5) is 14.0. The first-order chi connectivity index (χ1) is 9.16. The van der Waals surface area contributed by atoms with E-state index < -0.39 is 0 Å². The third kappa shape index (κ3) is 3.94. The van der Waals surface area contributed by atoms with Gasteiger partial charge in [-0.15, -0.1) is 0 Å². The van der Waals surface area contributed by atoms with Crippen molar-refractivity contribution in [3.05, 3.63) is 30.3 Å². The third-order valence-electron chi connectivity index (χ3n) is 3.35. The summed E-state index contributed by atoms with van der Waals surface area (Å²) in [6.45, 7) is 3.51. The highest BCUT2D eigenvalue weighted by Gasteiger charge is 2.26. The van der Waals surface area contributed by atoms with Gasteiger partial charge in [-0.1, -0.05) is 18.2 Å². The Bertz CT molecular complexity index is 409. The summed E-state index contributed by atoms with van der Waals surface area (Å²) < 4.78 is 0. The van der Waals surface area contributed by atoms with Gasteiger partial charge in [-0.05, 0) is 25.5 Å². The molecule has 2 atom stereocenters.